The van der Waals surface area contributed by atoms with Gasteiger partial charge in [0.1, 0.15) is 0 Å². The number of benzene rings is 2. The molecule has 0 radical (unpaired) electrons. The van der Waals surface area contributed by atoms with E-state index < -0.39 is 17.6 Å². The van der Waals surface area contributed by atoms with Crippen molar-refractivity contribution in [1.82, 2.24) is 0 Å². The first-order chi connectivity index (χ1) is 9.60. The van der Waals surface area contributed by atoms with Crippen LogP contribution in [0.5, 0.6) is 0 Å². The Morgan fingerprint density at radius 1 is 1.15 bits per heavy atom. The number of anilines is 1. The third-order valence-electron chi connectivity index (χ3n) is 2.76. The second kappa shape index (κ2) is 6.14. The number of nitrogens with one attached hydrogen (secondary N) is 1. The summed E-state index contributed by atoms with van der Waals surface area (Å²) in [7, 11) is 1.31. The first-order valence-corrected chi connectivity index (χ1v) is 5.96. The normalized spacial score (nSPS) is 10.2. The Hall–Kier alpha value is -2.43. The maximum Gasteiger partial charge on any atom is 0.337 e. The third kappa shape index (κ3) is 3.32. The predicted molar refractivity (Wildman–Crippen MR) is 71.5 cm³/mol. The number of hydrogen-bond acceptors (Lipinski definition) is 3. The second-order valence-electron chi connectivity index (χ2n) is 4.17. The zero-order valence-corrected chi connectivity index (χ0v) is 10.8. The van der Waals surface area contributed by atoms with Crippen LogP contribution in [0.3, 0.4) is 0 Å². The van der Waals surface area contributed by atoms with E-state index in [4.69, 9.17) is 0 Å². The first-order valence-electron chi connectivity index (χ1n) is 5.96. The molecule has 20 heavy (non-hydrogen) atoms. The number of esters is 1. The number of methoxy groups -OCH3 is 1. The van der Waals surface area contributed by atoms with Crippen molar-refractivity contribution in [1.29, 1.82) is 0 Å². The van der Waals surface area contributed by atoms with E-state index in [-0.39, 0.29) is 0 Å². The van der Waals surface area contributed by atoms with Gasteiger partial charge in [0.15, 0.2) is 11.6 Å². The fraction of sp³-hybridized carbons (Fsp3) is 0.133. The minimum Gasteiger partial charge on any atom is -0.465 e. The van der Waals surface area contributed by atoms with E-state index in [1.165, 1.54) is 13.2 Å². The second-order valence-corrected chi connectivity index (χ2v) is 4.17. The quantitative estimate of drug-likeness (QED) is 0.871. The van der Waals surface area contributed by atoms with Crippen LogP contribution in [-0.4, -0.2) is 13.1 Å². The van der Waals surface area contributed by atoms with Gasteiger partial charge in [-0.15, -0.1) is 0 Å². The summed E-state index contributed by atoms with van der Waals surface area (Å²) in [5, 5.41) is 3.03. The van der Waals surface area contributed by atoms with Gasteiger partial charge in [0.2, 0.25) is 0 Å². The van der Waals surface area contributed by atoms with E-state index in [9.17, 15) is 13.6 Å². The summed E-state index contributed by atoms with van der Waals surface area (Å²) >= 11 is 0. The number of carbonyl (C=O) groups is 1. The number of hydrogen-bond donors (Lipinski definition) is 1. The van der Waals surface area contributed by atoms with Crippen molar-refractivity contribution in [2.45, 2.75) is 6.54 Å². The van der Waals surface area contributed by atoms with Gasteiger partial charge in [0.25, 0.3) is 0 Å². The molecule has 0 amide bonds. The lowest BCUT2D eigenvalue weighted by Gasteiger charge is -2.08. The van der Waals surface area contributed by atoms with Crippen molar-refractivity contribution in [3.8, 4) is 0 Å². The Morgan fingerprint density at radius 2 is 1.95 bits per heavy atom. The van der Waals surface area contributed by atoms with Gasteiger partial charge in [-0.3, -0.25) is 0 Å². The summed E-state index contributed by atoms with van der Waals surface area (Å²) in [6.45, 7) is 0.321. The van der Waals surface area contributed by atoms with Crippen molar-refractivity contribution in [2.24, 2.45) is 0 Å². The Morgan fingerprint density at radius 3 is 2.65 bits per heavy atom. The van der Waals surface area contributed by atoms with Crippen LogP contribution in [0.2, 0.25) is 0 Å². The summed E-state index contributed by atoms with van der Waals surface area (Å²) in [5.74, 6) is -2.18. The van der Waals surface area contributed by atoms with Crippen LogP contribution in [0.1, 0.15) is 15.9 Å². The fourth-order valence-electron chi connectivity index (χ4n) is 1.73. The van der Waals surface area contributed by atoms with E-state index in [1.807, 2.05) is 0 Å². The summed E-state index contributed by atoms with van der Waals surface area (Å²) in [6.07, 6.45) is 0. The zero-order valence-electron chi connectivity index (χ0n) is 10.8. The third-order valence-corrected chi connectivity index (χ3v) is 2.76. The molecule has 0 aliphatic rings. The summed E-state index contributed by atoms with van der Waals surface area (Å²) in [4.78, 5) is 11.4. The Bertz CT molecular complexity index is 629. The minimum absolute atomic E-state index is 0.321. The van der Waals surface area contributed by atoms with Crippen molar-refractivity contribution in [3.05, 3.63) is 65.2 Å². The average molecular weight is 277 g/mol. The van der Waals surface area contributed by atoms with Crippen LogP contribution < -0.4 is 5.32 Å². The molecule has 104 valence electrons. The number of halogens is 2. The topological polar surface area (TPSA) is 38.3 Å². The van der Waals surface area contributed by atoms with E-state index in [0.29, 0.717) is 23.4 Å². The highest BCUT2D eigenvalue weighted by Crippen LogP contribution is 2.14. The maximum atomic E-state index is 13.1. The predicted octanol–water partition coefficient (Wildman–Crippen LogP) is 3.36. The fourth-order valence-corrected chi connectivity index (χ4v) is 1.73. The molecule has 5 heteroatoms. The van der Waals surface area contributed by atoms with E-state index in [0.717, 1.165) is 12.1 Å². The number of rotatable bonds is 4. The number of ether oxygens (including phenoxy) is 1. The molecule has 0 saturated carbocycles. The SMILES string of the molecule is COC(=O)c1cccc(NCc2ccc(F)c(F)c2)c1. The molecule has 3 nitrogen and oxygen atoms in total. The maximum absolute atomic E-state index is 13.1. The largest absolute Gasteiger partial charge is 0.465 e. The van der Waals surface area contributed by atoms with E-state index in [2.05, 4.69) is 10.1 Å². The standard InChI is InChI=1S/C15H13F2NO2/c1-20-15(19)11-3-2-4-12(8-11)18-9-10-5-6-13(16)14(17)7-10/h2-8,18H,9H2,1H3. The highest BCUT2D eigenvalue weighted by atomic mass is 19.2. The summed E-state index contributed by atoms with van der Waals surface area (Å²) in [5.41, 5.74) is 1.72. The smallest absolute Gasteiger partial charge is 0.337 e. The van der Waals surface area contributed by atoms with Gasteiger partial charge in [-0.05, 0) is 35.9 Å². The van der Waals surface area contributed by atoms with Crippen molar-refractivity contribution < 1.29 is 18.3 Å². The van der Waals surface area contributed by atoms with E-state index >= 15 is 0 Å². The van der Waals surface area contributed by atoms with E-state index in [1.54, 1.807) is 24.3 Å². The molecule has 0 aromatic heterocycles. The summed E-state index contributed by atoms with van der Waals surface area (Å²) < 4.78 is 30.5. The number of carbonyl (C=O) groups excluding carboxylic acids is 1. The van der Waals surface area contributed by atoms with Crippen LogP contribution in [0.4, 0.5) is 14.5 Å². The minimum atomic E-state index is -0.882. The molecule has 0 spiro atoms. The molecule has 2 aromatic rings. The molecule has 2 aromatic carbocycles. The van der Waals surface area contributed by atoms with Crippen LogP contribution in [0, 0.1) is 11.6 Å². The zero-order chi connectivity index (χ0) is 14.5. The van der Waals surface area contributed by atoms with Gasteiger partial charge in [0.05, 0.1) is 12.7 Å². The van der Waals surface area contributed by atoms with Gasteiger partial charge in [-0.2, -0.15) is 0 Å². The van der Waals surface area contributed by atoms with Gasteiger partial charge in [0, 0.05) is 12.2 Å². The Balaban J connectivity index is 2.07. The molecule has 0 heterocycles. The first kappa shape index (κ1) is 14.0. The van der Waals surface area contributed by atoms with Gasteiger partial charge < -0.3 is 10.1 Å². The average Bonchev–Trinajstić information content (AvgIpc) is 2.48. The van der Waals surface area contributed by atoms with Gasteiger partial charge in [-0.1, -0.05) is 12.1 Å². The molecule has 1 N–H and O–H groups in total. The molecule has 0 bridgehead atoms. The van der Waals surface area contributed by atoms with Gasteiger partial charge in [-0.25, -0.2) is 13.6 Å². The Labute approximate surface area is 115 Å². The molecule has 0 aliphatic carbocycles. The highest BCUT2D eigenvalue weighted by molar-refractivity contribution is 5.90. The lowest BCUT2D eigenvalue weighted by Crippen LogP contribution is -2.04. The lowest BCUT2D eigenvalue weighted by atomic mass is 10.2. The van der Waals surface area contributed by atoms with Crippen LogP contribution >= 0.6 is 0 Å². The van der Waals surface area contributed by atoms with Crippen molar-refractivity contribution >= 4 is 11.7 Å². The molecule has 0 fully saturated rings. The molecular formula is C15H13F2NO2. The molecular weight excluding hydrogens is 264 g/mol. The van der Waals surface area contributed by atoms with Crippen molar-refractivity contribution in [2.75, 3.05) is 12.4 Å². The van der Waals surface area contributed by atoms with Gasteiger partial charge >= 0.3 is 5.97 Å². The Kier molecular flexibility index (Phi) is 4.30. The highest BCUT2D eigenvalue weighted by Gasteiger charge is 2.06. The lowest BCUT2D eigenvalue weighted by molar-refractivity contribution is 0.0601. The molecule has 0 unspecified atom stereocenters. The summed E-state index contributed by atoms with van der Waals surface area (Å²) in [6, 6.07) is 10.5. The molecule has 0 saturated heterocycles. The molecule has 0 atom stereocenters. The molecule has 0 aliphatic heterocycles. The van der Waals surface area contributed by atoms with Crippen LogP contribution in [0.25, 0.3) is 0 Å². The van der Waals surface area contributed by atoms with Crippen LogP contribution in [0.15, 0.2) is 42.5 Å². The van der Waals surface area contributed by atoms with Crippen molar-refractivity contribution in [3.63, 3.8) is 0 Å². The van der Waals surface area contributed by atoms with Crippen LogP contribution in [-0.2, 0) is 11.3 Å². The monoisotopic (exact) mass is 277 g/mol. The molecule has 2 rings (SSSR count).